The van der Waals surface area contributed by atoms with Crippen LogP contribution in [-0.2, 0) is 19.9 Å². The van der Waals surface area contributed by atoms with Crippen molar-refractivity contribution in [2.75, 3.05) is 5.75 Å². The van der Waals surface area contributed by atoms with Crippen LogP contribution < -0.4 is 0 Å². The second kappa shape index (κ2) is 5.77. The van der Waals surface area contributed by atoms with Crippen molar-refractivity contribution in [2.45, 2.75) is 24.3 Å². The van der Waals surface area contributed by atoms with E-state index in [1.807, 2.05) is 13.1 Å². The fraction of sp³-hybridized carbons (Fsp3) is 0.294. The molecule has 23 heavy (non-hydrogen) atoms. The van der Waals surface area contributed by atoms with Crippen LogP contribution in [0.3, 0.4) is 0 Å². The van der Waals surface area contributed by atoms with Gasteiger partial charge in [-0.3, -0.25) is 9.48 Å². The summed E-state index contributed by atoms with van der Waals surface area (Å²) in [6.07, 6.45) is 6.69. The Kier molecular flexibility index (Phi) is 3.61. The Balaban J connectivity index is 1.53. The third-order valence-corrected chi connectivity index (χ3v) is 5.26. The Hall–Kier alpha value is -2.21. The van der Waals surface area contributed by atoms with Crippen LogP contribution in [0.2, 0.25) is 0 Å². The Bertz CT molecular complexity index is 903. The molecule has 0 N–H and O–H groups in total. The quantitative estimate of drug-likeness (QED) is 0.419. The van der Waals surface area contributed by atoms with Crippen LogP contribution in [0.1, 0.15) is 27.9 Å². The number of carbonyl (C=O) groups is 1. The lowest BCUT2D eigenvalue weighted by molar-refractivity contribution is 0.102. The van der Waals surface area contributed by atoms with E-state index in [4.69, 9.17) is 0 Å². The molecular weight excluding hydrogens is 308 g/mol. The molecular formula is C17H16N4OS. The molecule has 1 aromatic carbocycles. The lowest BCUT2D eigenvalue weighted by atomic mass is 10.0. The zero-order valence-corrected chi connectivity index (χ0v) is 13.6. The normalized spacial score (nSPS) is 13.4. The summed E-state index contributed by atoms with van der Waals surface area (Å²) in [6, 6.07) is 6.11. The van der Waals surface area contributed by atoms with Crippen molar-refractivity contribution in [2.24, 2.45) is 7.05 Å². The minimum Gasteiger partial charge on any atom is -0.293 e. The number of Topliss-reactive ketones (excluding diaryl/α,β-unsaturated/α-hetero) is 1. The van der Waals surface area contributed by atoms with Gasteiger partial charge < -0.3 is 0 Å². The van der Waals surface area contributed by atoms with Crippen molar-refractivity contribution < 1.29 is 4.79 Å². The second-order valence-electron chi connectivity index (χ2n) is 5.73. The molecule has 0 radical (unpaired) electrons. The Morgan fingerprint density at radius 2 is 2.13 bits per heavy atom. The molecule has 3 aromatic rings. The molecule has 0 amide bonds. The van der Waals surface area contributed by atoms with E-state index >= 15 is 0 Å². The van der Waals surface area contributed by atoms with Crippen molar-refractivity contribution in [1.82, 2.24) is 19.7 Å². The van der Waals surface area contributed by atoms with Crippen LogP contribution in [0.15, 0.2) is 35.7 Å². The molecule has 0 fully saturated rings. The van der Waals surface area contributed by atoms with Gasteiger partial charge in [0.25, 0.3) is 0 Å². The van der Waals surface area contributed by atoms with Gasteiger partial charge in [0, 0.05) is 12.6 Å². The van der Waals surface area contributed by atoms with Crippen LogP contribution in [0, 0.1) is 0 Å². The highest BCUT2D eigenvalue weighted by Crippen LogP contribution is 2.26. The van der Waals surface area contributed by atoms with E-state index in [9.17, 15) is 4.79 Å². The number of aryl methyl sites for hydroxylation is 3. The van der Waals surface area contributed by atoms with Crippen molar-refractivity contribution in [3.05, 3.63) is 47.4 Å². The van der Waals surface area contributed by atoms with E-state index in [0.717, 1.165) is 34.5 Å². The fourth-order valence-electron chi connectivity index (χ4n) is 3.02. The minimum atomic E-state index is 0.139. The standard InChI is InChI=1S/C17H16N4OS/c1-21-16-14(8-20-21)17(19-10-18-16)23-9-15(22)13-6-5-11-3-2-4-12(11)7-13/h5-8,10H,2-4,9H2,1H3. The zero-order chi connectivity index (χ0) is 15.8. The summed E-state index contributed by atoms with van der Waals surface area (Å²) < 4.78 is 1.71. The third-order valence-electron chi connectivity index (χ3n) is 4.25. The highest BCUT2D eigenvalue weighted by Gasteiger charge is 2.15. The van der Waals surface area contributed by atoms with Gasteiger partial charge in [-0.05, 0) is 36.5 Å². The molecule has 0 saturated heterocycles. The molecule has 0 spiro atoms. The largest absolute Gasteiger partial charge is 0.293 e. The minimum absolute atomic E-state index is 0.139. The van der Waals surface area contributed by atoms with Crippen LogP contribution in [0.4, 0.5) is 0 Å². The van der Waals surface area contributed by atoms with Crippen molar-refractivity contribution in [1.29, 1.82) is 0 Å². The molecule has 0 bridgehead atoms. The highest BCUT2D eigenvalue weighted by atomic mass is 32.2. The number of nitrogens with zero attached hydrogens (tertiary/aromatic N) is 4. The molecule has 2 aromatic heterocycles. The molecule has 2 heterocycles. The SMILES string of the molecule is Cn1ncc2c(SCC(=O)c3ccc4c(c3)CCC4)ncnc21. The summed E-state index contributed by atoms with van der Waals surface area (Å²) in [5, 5.41) is 5.89. The molecule has 1 aliphatic rings. The number of hydrogen-bond acceptors (Lipinski definition) is 5. The maximum Gasteiger partial charge on any atom is 0.173 e. The van der Waals surface area contributed by atoms with E-state index in [1.54, 1.807) is 10.9 Å². The summed E-state index contributed by atoms with van der Waals surface area (Å²) in [5.74, 6) is 0.514. The van der Waals surface area contributed by atoms with Crippen molar-refractivity contribution in [3.63, 3.8) is 0 Å². The fourth-order valence-corrected chi connectivity index (χ4v) is 3.87. The first-order valence-electron chi connectivity index (χ1n) is 7.63. The first kappa shape index (κ1) is 14.4. The van der Waals surface area contributed by atoms with Gasteiger partial charge in [0.2, 0.25) is 0 Å². The number of benzene rings is 1. The molecule has 1 aliphatic carbocycles. The molecule has 0 aliphatic heterocycles. The molecule has 4 rings (SSSR count). The first-order valence-corrected chi connectivity index (χ1v) is 8.61. The Morgan fingerprint density at radius 1 is 1.26 bits per heavy atom. The maximum atomic E-state index is 12.5. The van der Waals surface area contributed by atoms with Gasteiger partial charge in [-0.15, -0.1) is 0 Å². The van der Waals surface area contributed by atoms with E-state index in [1.165, 1.54) is 35.6 Å². The maximum absolute atomic E-state index is 12.5. The lowest BCUT2D eigenvalue weighted by Crippen LogP contribution is -2.04. The highest BCUT2D eigenvalue weighted by molar-refractivity contribution is 8.00. The van der Waals surface area contributed by atoms with Gasteiger partial charge in [-0.2, -0.15) is 5.10 Å². The lowest BCUT2D eigenvalue weighted by Gasteiger charge is -2.05. The van der Waals surface area contributed by atoms with E-state index in [2.05, 4.69) is 27.2 Å². The van der Waals surface area contributed by atoms with Crippen LogP contribution in [0.5, 0.6) is 0 Å². The Morgan fingerprint density at radius 3 is 3.04 bits per heavy atom. The molecule has 6 heteroatoms. The predicted molar refractivity (Wildman–Crippen MR) is 89.8 cm³/mol. The smallest absolute Gasteiger partial charge is 0.173 e. The van der Waals surface area contributed by atoms with E-state index < -0.39 is 0 Å². The summed E-state index contributed by atoms with van der Waals surface area (Å²) in [5.41, 5.74) is 4.31. The number of ketones is 1. The number of hydrogen-bond donors (Lipinski definition) is 0. The first-order chi connectivity index (χ1) is 11.2. The molecule has 0 atom stereocenters. The number of rotatable bonds is 4. The number of fused-ring (bicyclic) bond motifs is 2. The average molecular weight is 324 g/mol. The topological polar surface area (TPSA) is 60.7 Å². The summed E-state index contributed by atoms with van der Waals surface area (Å²) in [4.78, 5) is 21.0. The van der Waals surface area contributed by atoms with Gasteiger partial charge >= 0.3 is 0 Å². The van der Waals surface area contributed by atoms with E-state index in [-0.39, 0.29) is 5.78 Å². The second-order valence-corrected chi connectivity index (χ2v) is 6.70. The molecule has 0 unspecified atom stereocenters. The molecule has 116 valence electrons. The van der Waals surface area contributed by atoms with Crippen LogP contribution >= 0.6 is 11.8 Å². The molecule has 5 nitrogen and oxygen atoms in total. The van der Waals surface area contributed by atoms with Gasteiger partial charge in [0.05, 0.1) is 17.3 Å². The molecule has 0 saturated carbocycles. The zero-order valence-electron chi connectivity index (χ0n) is 12.8. The Labute approximate surface area is 138 Å². The van der Waals surface area contributed by atoms with Crippen molar-refractivity contribution >= 4 is 28.6 Å². The summed E-state index contributed by atoms with van der Waals surface area (Å²) in [7, 11) is 1.85. The number of aromatic nitrogens is 4. The van der Waals surface area contributed by atoms with Gasteiger partial charge in [-0.25, -0.2) is 9.97 Å². The van der Waals surface area contributed by atoms with Gasteiger partial charge in [-0.1, -0.05) is 23.9 Å². The number of carbonyl (C=O) groups excluding carboxylic acids is 1. The van der Waals surface area contributed by atoms with Gasteiger partial charge in [0.15, 0.2) is 11.4 Å². The summed E-state index contributed by atoms with van der Waals surface area (Å²) in [6.45, 7) is 0. The monoisotopic (exact) mass is 324 g/mol. The third kappa shape index (κ3) is 2.63. The average Bonchev–Trinajstić information content (AvgIpc) is 3.19. The van der Waals surface area contributed by atoms with Crippen molar-refractivity contribution in [3.8, 4) is 0 Å². The number of thioether (sulfide) groups is 1. The summed E-state index contributed by atoms with van der Waals surface area (Å²) >= 11 is 1.45. The predicted octanol–water partition coefficient (Wildman–Crippen LogP) is 2.83. The van der Waals surface area contributed by atoms with E-state index in [0.29, 0.717) is 5.75 Å². The van der Waals surface area contributed by atoms with Crippen LogP contribution in [-0.4, -0.2) is 31.3 Å². The van der Waals surface area contributed by atoms with Crippen LogP contribution in [0.25, 0.3) is 11.0 Å². The van der Waals surface area contributed by atoms with Gasteiger partial charge in [0.1, 0.15) is 11.4 Å².